The van der Waals surface area contributed by atoms with Crippen LogP contribution in [0.25, 0.3) is 11.1 Å². The highest BCUT2D eigenvalue weighted by Crippen LogP contribution is 2.34. The highest BCUT2D eigenvalue weighted by molar-refractivity contribution is 7.89. The number of anilines is 1. The average Bonchev–Trinajstić information content (AvgIpc) is 3.56. The molecule has 15 heteroatoms. The molecule has 2 aromatic carbocycles. The van der Waals surface area contributed by atoms with E-state index in [4.69, 9.17) is 28.0 Å². The monoisotopic (exact) mass is 652 g/mol. The fraction of sp³-hybridized carbons (Fsp3) is 0.393. The minimum absolute atomic E-state index is 0.174. The summed E-state index contributed by atoms with van der Waals surface area (Å²) in [5.41, 5.74) is 6.02. The molecule has 12 nitrogen and oxygen atoms in total. The molecule has 1 amide bonds. The molecule has 0 bridgehead atoms. The van der Waals surface area contributed by atoms with Crippen molar-refractivity contribution in [3.63, 3.8) is 0 Å². The predicted molar refractivity (Wildman–Crippen MR) is 163 cm³/mol. The maximum atomic E-state index is 13.1. The van der Waals surface area contributed by atoms with Gasteiger partial charge >= 0.3 is 5.97 Å². The van der Waals surface area contributed by atoms with Crippen LogP contribution >= 0.6 is 23.2 Å². The number of aryl methyl sites for hydroxylation is 2. The number of carboxylic acid groups (broad SMARTS) is 1. The minimum Gasteiger partial charge on any atom is -0.480 e. The maximum absolute atomic E-state index is 13.1. The molecule has 232 valence electrons. The number of benzene rings is 2. The van der Waals surface area contributed by atoms with Gasteiger partial charge in [-0.25, -0.2) is 13.4 Å². The number of aliphatic carboxylic acids is 1. The van der Waals surface area contributed by atoms with E-state index >= 15 is 0 Å². The number of aromatic amines is 1. The number of aromatic nitrogens is 2. The van der Waals surface area contributed by atoms with Crippen LogP contribution in [0.15, 0.2) is 47.4 Å². The smallest absolute Gasteiger partial charge is 0.323 e. The Balaban J connectivity index is 1.26. The first kappa shape index (κ1) is 32.7. The highest BCUT2D eigenvalue weighted by atomic mass is 35.5. The fourth-order valence-electron chi connectivity index (χ4n) is 4.58. The molecule has 1 aliphatic rings. The number of nitrogens with zero attached hydrogens (tertiary/aromatic N) is 1. The number of hydroxylamine groups is 1. The van der Waals surface area contributed by atoms with Crippen LogP contribution < -0.4 is 20.8 Å². The van der Waals surface area contributed by atoms with Gasteiger partial charge in [0.05, 0.1) is 21.8 Å². The van der Waals surface area contributed by atoms with Crippen molar-refractivity contribution in [2.45, 2.75) is 62.6 Å². The molecule has 1 saturated heterocycles. The Kier molecular flexibility index (Phi) is 11.0. The van der Waals surface area contributed by atoms with E-state index in [9.17, 15) is 23.1 Å². The van der Waals surface area contributed by atoms with E-state index in [-0.39, 0.29) is 16.1 Å². The fourth-order valence-corrected chi connectivity index (χ4v) is 6.98. The summed E-state index contributed by atoms with van der Waals surface area (Å²) in [6.07, 6.45) is 2.64. The molecule has 0 spiro atoms. The minimum atomic E-state index is -4.47. The molecule has 3 atom stereocenters. The van der Waals surface area contributed by atoms with Crippen molar-refractivity contribution in [2.75, 3.05) is 18.4 Å². The molecule has 4 rings (SSSR count). The molecule has 1 aromatic heterocycles. The second-order valence-electron chi connectivity index (χ2n) is 10.3. The Bertz CT molecular complexity index is 1510. The summed E-state index contributed by atoms with van der Waals surface area (Å²) in [4.78, 5) is 37.2. The SMILES string of the molecule is Cc1nc(NCCCCC2CC(C(=O)NCC(NS(=O)(=O)c3c(Cl)cc(-c4ccccc4)cc3Cl)C(=O)O)NO2)[nH]c1C. The summed E-state index contributed by atoms with van der Waals surface area (Å²) in [7, 11) is -4.47. The lowest BCUT2D eigenvalue weighted by atomic mass is 10.1. The number of halogens is 2. The zero-order chi connectivity index (χ0) is 31.1. The third-order valence-corrected chi connectivity index (χ3v) is 9.41. The lowest BCUT2D eigenvalue weighted by Gasteiger charge is -2.18. The van der Waals surface area contributed by atoms with E-state index < -0.39 is 45.4 Å². The van der Waals surface area contributed by atoms with Gasteiger partial charge < -0.3 is 20.7 Å². The maximum Gasteiger partial charge on any atom is 0.323 e. The number of nitrogens with one attached hydrogen (secondary N) is 5. The lowest BCUT2D eigenvalue weighted by Crippen LogP contribution is -2.51. The lowest BCUT2D eigenvalue weighted by molar-refractivity contribution is -0.139. The van der Waals surface area contributed by atoms with Gasteiger partial charge in [0.25, 0.3) is 0 Å². The normalized spacial score (nSPS) is 17.5. The molecule has 0 saturated carbocycles. The van der Waals surface area contributed by atoms with Crippen LogP contribution in [0.5, 0.6) is 0 Å². The number of carbonyl (C=O) groups is 2. The van der Waals surface area contributed by atoms with Gasteiger partial charge in [0.15, 0.2) is 0 Å². The number of carboxylic acids is 1. The van der Waals surface area contributed by atoms with Crippen molar-refractivity contribution in [3.05, 3.63) is 63.9 Å². The van der Waals surface area contributed by atoms with E-state index in [1.165, 1.54) is 12.1 Å². The van der Waals surface area contributed by atoms with E-state index in [1.54, 1.807) is 0 Å². The topological polar surface area (TPSA) is 175 Å². The second-order valence-corrected chi connectivity index (χ2v) is 12.7. The summed E-state index contributed by atoms with van der Waals surface area (Å²) in [6, 6.07) is 9.57. The highest BCUT2D eigenvalue weighted by Gasteiger charge is 2.33. The van der Waals surface area contributed by atoms with Gasteiger partial charge in [0, 0.05) is 25.2 Å². The van der Waals surface area contributed by atoms with Crippen LogP contribution in [-0.2, 0) is 24.4 Å². The van der Waals surface area contributed by atoms with E-state index in [2.05, 4.69) is 30.8 Å². The number of rotatable bonds is 14. The zero-order valence-corrected chi connectivity index (χ0v) is 25.9. The average molecular weight is 654 g/mol. The standard InChI is InChI=1S/C28H34Cl2N6O6S/c1-16-17(2)34-28(33-16)31-11-7-6-10-20-14-23(35-42-20)26(37)32-15-24(27(38)39)36-43(40,41)25-21(29)12-19(13-22(25)30)18-8-4-3-5-9-18/h3-5,8-9,12-13,20,23-24,35-36H,6-7,10-11,14-15H2,1-2H3,(H,32,37)(H,38,39)(H2,31,33,34). The van der Waals surface area contributed by atoms with Crippen molar-refractivity contribution in [1.29, 1.82) is 0 Å². The Morgan fingerprint density at radius 3 is 2.44 bits per heavy atom. The van der Waals surface area contributed by atoms with Gasteiger partial charge in [-0.2, -0.15) is 10.2 Å². The van der Waals surface area contributed by atoms with Gasteiger partial charge in [0.2, 0.25) is 21.9 Å². The number of amides is 1. The molecule has 1 fully saturated rings. The third kappa shape index (κ3) is 8.68. The first-order valence-electron chi connectivity index (χ1n) is 13.7. The van der Waals surface area contributed by atoms with E-state index in [0.717, 1.165) is 48.7 Å². The molecule has 43 heavy (non-hydrogen) atoms. The van der Waals surface area contributed by atoms with Gasteiger partial charge in [-0.05, 0) is 56.4 Å². The van der Waals surface area contributed by atoms with E-state index in [0.29, 0.717) is 12.0 Å². The third-order valence-electron chi connectivity index (χ3n) is 7.02. The largest absolute Gasteiger partial charge is 0.480 e. The van der Waals surface area contributed by atoms with Crippen LogP contribution in [0.2, 0.25) is 10.0 Å². The number of H-pyrrole nitrogens is 1. The van der Waals surface area contributed by atoms with Crippen molar-refractivity contribution in [3.8, 4) is 11.1 Å². The molecular weight excluding hydrogens is 619 g/mol. The summed E-state index contributed by atoms with van der Waals surface area (Å²) in [5, 5.41) is 15.0. The van der Waals surface area contributed by atoms with Gasteiger partial charge in [-0.15, -0.1) is 0 Å². The molecular formula is C28H34Cl2N6O6S. The van der Waals surface area contributed by atoms with E-state index in [1.807, 2.05) is 44.2 Å². The Morgan fingerprint density at radius 1 is 1.12 bits per heavy atom. The van der Waals surface area contributed by atoms with Crippen molar-refractivity contribution in [2.24, 2.45) is 0 Å². The Hall–Kier alpha value is -3.20. The van der Waals surface area contributed by atoms with Crippen molar-refractivity contribution >= 4 is 51.0 Å². The number of imidazole rings is 1. The molecule has 2 heterocycles. The molecule has 3 unspecified atom stereocenters. The van der Waals surface area contributed by atoms with Gasteiger partial charge in [-0.3, -0.25) is 14.4 Å². The van der Waals surface area contributed by atoms with Crippen LogP contribution in [0.4, 0.5) is 5.95 Å². The first-order valence-corrected chi connectivity index (χ1v) is 15.9. The zero-order valence-electron chi connectivity index (χ0n) is 23.6. The number of hydrogen-bond acceptors (Lipinski definition) is 8. The Morgan fingerprint density at radius 2 is 1.81 bits per heavy atom. The molecule has 0 radical (unpaired) electrons. The number of sulfonamides is 1. The predicted octanol–water partition coefficient (Wildman–Crippen LogP) is 3.79. The number of carbonyl (C=O) groups excluding carboxylic acids is 1. The van der Waals surface area contributed by atoms with Crippen LogP contribution in [-0.4, -0.2) is 66.6 Å². The molecule has 6 N–H and O–H groups in total. The summed E-state index contributed by atoms with van der Waals surface area (Å²) in [6.45, 7) is 4.12. The van der Waals surface area contributed by atoms with Crippen LogP contribution in [0.3, 0.4) is 0 Å². The molecule has 3 aromatic rings. The van der Waals surface area contributed by atoms with Crippen molar-refractivity contribution < 1.29 is 28.0 Å². The summed E-state index contributed by atoms with van der Waals surface area (Å²) >= 11 is 12.6. The van der Waals surface area contributed by atoms with Crippen LogP contribution in [0.1, 0.15) is 37.1 Å². The number of hydrogen-bond donors (Lipinski definition) is 6. The first-order chi connectivity index (χ1) is 20.4. The molecule has 0 aliphatic carbocycles. The summed E-state index contributed by atoms with van der Waals surface area (Å²) in [5.74, 6) is -1.26. The van der Waals surface area contributed by atoms with Crippen molar-refractivity contribution in [1.82, 2.24) is 25.5 Å². The molecule has 1 aliphatic heterocycles. The van der Waals surface area contributed by atoms with Gasteiger partial charge in [-0.1, -0.05) is 53.5 Å². The van der Waals surface area contributed by atoms with Gasteiger partial charge in [0.1, 0.15) is 17.0 Å². The second kappa shape index (κ2) is 14.5. The Labute approximate surface area is 259 Å². The van der Waals surface area contributed by atoms with Crippen LogP contribution in [0, 0.1) is 13.8 Å². The summed E-state index contributed by atoms with van der Waals surface area (Å²) < 4.78 is 28.3. The quantitative estimate of drug-likeness (QED) is 0.142. The number of unbranched alkanes of at least 4 members (excludes halogenated alkanes) is 1.